The lowest BCUT2D eigenvalue weighted by Gasteiger charge is -1.98. The molecule has 0 atom stereocenters. The number of halogens is 2. The van der Waals surface area contributed by atoms with E-state index in [0.717, 1.165) is 32.9 Å². The largest absolute Gasteiger partial charge is 0.319 e. The number of benzene rings is 1. The van der Waals surface area contributed by atoms with Gasteiger partial charge in [0.15, 0.2) is 0 Å². The highest BCUT2D eigenvalue weighted by atomic mass is 79.9. The molecule has 0 aliphatic carbocycles. The summed E-state index contributed by atoms with van der Waals surface area (Å²) in [5, 5.41) is 4.70. The van der Waals surface area contributed by atoms with Gasteiger partial charge in [-0.05, 0) is 26.1 Å². The minimum absolute atomic E-state index is 0.621. The van der Waals surface area contributed by atoms with Gasteiger partial charge in [0.25, 0.3) is 0 Å². The molecule has 2 nitrogen and oxygen atoms in total. The molecule has 1 heterocycles. The van der Waals surface area contributed by atoms with E-state index in [4.69, 9.17) is 11.6 Å². The van der Waals surface area contributed by atoms with Gasteiger partial charge in [-0.2, -0.15) is 0 Å². The number of aromatic nitrogens is 1. The molecular formula is C12H12BrClN2S. The quantitative estimate of drug-likeness (QED) is 0.916. The maximum atomic E-state index is 6.14. The van der Waals surface area contributed by atoms with E-state index in [0.29, 0.717) is 5.15 Å². The zero-order chi connectivity index (χ0) is 12.3. The molecule has 0 aliphatic rings. The average Bonchev–Trinajstić information content (AvgIpc) is 2.68. The molecular weight excluding hydrogens is 320 g/mol. The highest BCUT2D eigenvalue weighted by Gasteiger charge is 2.12. The normalized spacial score (nSPS) is 10.8. The number of nitrogens with one attached hydrogen (secondary N) is 1. The fourth-order valence-corrected chi connectivity index (χ4v) is 3.42. The minimum atomic E-state index is 0.621. The van der Waals surface area contributed by atoms with Crippen LogP contribution in [0, 0.1) is 0 Å². The van der Waals surface area contributed by atoms with Gasteiger partial charge >= 0.3 is 0 Å². The third-order valence-corrected chi connectivity index (χ3v) is 4.62. The molecule has 1 aromatic heterocycles. The molecule has 1 aromatic carbocycles. The van der Waals surface area contributed by atoms with Gasteiger partial charge in [-0.15, -0.1) is 11.3 Å². The summed E-state index contributed by atoms with van der Waals surface area (Å²) >= 11 is 11.3. The second-order valence-corrected chi connectivity index (χ2v) is 5.86. The topological polar surface area (TPSA) is 24.9 Å². The molecule has 0 saturated carbocycles. The second-order valence-electron chi connectivity index (χ2n) is 3.57. The van der Waals surface area contributed by atoms with Gasteiger partial charge in [0.2, 0.25) is 0 Å². The molecule has 0 radical (unpaired) electrons. The first-order valence-electron chi connectivity index (χ1n) is 5.27. The van der Waals surface area contributed by atoms with E-state index >= 15 is 0 Å². The minimum Gasteiger partial charge on any atom is -0.319 e. The van der Waals surface area contributed by atoms with Crippen LogP contribution in [0.5, 0.6) is 0 Å². The summed E-state index contributed by atoms with van der Waals surface area (Å²) in [5.74, 6) is 0. The summed E-state index contributed by atoms with van der Waals surface area (Å²) in [4.78, 5) is 5.55. The molecule has 5 heteroatoms. The van der Waals surface area contributed by atoms with Crippen LogP contribution in [0.4, 0.5) is 0 Å². The van der Waals surface area contributed by atoms with Gasteiger partial charge in [0.1, 0.15) is 10.2 Å². The first-order chi connectivity index (χ1) is 8.22. The van der Waals surface area contributed by atoms with Crippen molar-refractivity contribution in [2.24, 2.45) is 0 Å². The van der Waals surface area contributed by atoms with Crippen LogP contribution in [-0.4, -0.2) is 18.6 Å². The standard InChI is InChI=1S/C12H12BrClN2S/c1-15-7-6-10-11(14)16-12(17-10)8-4-2-3-5-9(8)13/h2-5,15H,6-7H2,1H3. The zero-order valence-corrected chi connectivity index (χ0v) is 12.5. The van der Waals surface area contributed by atoms with Crippen molar-refractivity contribution in [2.75, 3.05) is 13.6 Å². The first-order valence-corrected chi connectivity index (χ1v) is 7.26. The number of hydrogen-bond acceptors (Lipinski definition) is 3. The van der Waals surface area contributed by atoms with Crippen LogP contribution in [0.3, 0.4) is 0 Å². The predicted molar refractivity (Wildman–Crippen MR) is 77.9 cm³/mol. The van der Waals surface area contributed by atoms with E-state index in [1.807, 2.05) is 31.3 Å². The molecule has 0 saturated heterocycles. The van der Waals surface area contributed by atoms with Crippen LogP contribution in [0.1, 0.15) is 4.88 Å². The van der Waals surface area contributed by atoms with E-state index < -0.39 is 0 Å². The van der Waals surface area contributed by atoms with Gasteiger partial charge in [-0.25, -0.2) is 4.98 Å². The Morgan fingerprint density at radius 2 is 2.18 bits per heavy atom. The van der Waals surface area contributed by atoms with Crippen LogP contribution in [0.2, 0.25) is 5.15 Å². The highest BCUT2D eigenvalue weighted by Crippen LogP contribution is 2.34. The van der Waals surface area contributed by atoms with E-state index in [1.54, 1.807) is 11.3 Å². The Hall–Kier alpha value is -0.420. The highest BCUT2D eigenvalue weighted by molar-refractivity contribution is 9.10. The van der Waals surface area contributed by atoms with Crippen molar-refractivity contribution in [2.45, 2.75) is 6.42 Å². The Morgan fingerprint density at radius 3 is 2.88 bits per heavy atom. The van der Waals surface area contributed by atoms with Crippen LogP contribution < -0.4 is 5.32 Å². The van der Waals surface area contributed by atoms with E-state index in [9.17, 15) is 0 Å². The predicted octanol–water partition coefficient (Wildman–Crippen LogP) is 3.99. The van der Waals surface area contributed by atoms with Gasteiger partial charge in [-0.1, -0.05) is 45.7 Å². The molecule has 1 N–H and O–H groups in total. The third kappa shape index (κ3) is 3.07. The van der Waals surface area contributed by atoms with Crippen molar-refractivity contribution in [1.29, 1.82) is 0 Å². The maximum Gasteiger partial charge on any atom is 0.143 e. The van der Waals surface area contributed by atoms with E-state index in [2.05, 4.69) is 26.2 Å². The number of nitrogens with zero attached hydrogens (tertiary/aromatic N) is 1. The zero-order valence-electron chi connectivity index (χ0n) is 9.34. The summed E-state index contributed by atoms with van der Waals surface area (Å²) in [7, 11) is 1.93. The van der Waals surface area contributed by atoms with Crippen LogP contribution in [0.25, 0.3) is 10.6 Å². The van der Waals surface area contributed by atoms with Crippen molar-refractivity contribution < 1.29 is 0 Å². The van der Waals surface area contributed by atoms with Gasteiger partial charge in [-0.3, -0.25) is 0 Å². The van der Waals surface area contributed by atoms with E-state index in [1.165, 1.54) is 0 Å². The summed E-state index contributed by atoms with van der Waals surface area (Å²) in [6.45, 7) is 0.914. The lowest BCUT2D eigenvalue weighted by Crippen LogP contribution is -2.09. The van der Waals surface area contributed by atoms with Gasteiger partial charge in [0, 0.05) is 14.9 Å². The molecule has 17 heavy (non-hydrogen) atoms. The third-order valence-electron chi connectivity index (χ3n) is 2.36. The number of thiazole rings is 1. The van der Waals surface area contributed by atoms with Crippen LogP contribution >= 0.6 is 38.9 Å². The van der Waals surface area contributed by atoms with Crippen LogP contribution in [0.15, 0.2) is 28.7 Å². The van der Waals surface area contributed by atoms with E-state index in [-0.39, 0.29) is 0 Å². The molecule has 0 unspecified atom stereocenters. The molecule has 2 aromatic rings. The molecule has 0 spiro atoms. The molecule has 2 rings (SSSR count). The second kappa shape index (κ2) is 5.96. The fraction of sp³-hybridized carbons (Fsp3) is 0.250. The summed E-state index contributed by atoms with van der Waals surface area (Å²) < 4.78 is 1.05. The molecule has 0 bridgehead atoms. The van der Waals surface area contributed by atoms with Crippen molar-refractivity contribution in [3.63, 3.8) is 0 Å². The molecule has 0 amide bonds. The summed E-state index contributed by atoms with van der Waals surface area (Å²) in [6, 6.07) is 8.05. The van der Waals surface area contributed by atoms with Crippen molar-refractivity contribution >= 4 is 38.9 Å². The maximum absolute atomic E-state index is 6.14. The summed E-state index contributed by atoms with van der Waals surface area (Å²) in [6.07, 6.45) is 0.914. The monoisotopic (exact) mass is 330 g/mol. The lowest BCUT2D eigenvalue weighted by atomic mass is 10.2. The molecule has 0 fully saturated rings. The fourth-order valence-electron chi connectivity index (χ4n) is 1.48. The molecule has 90 valence electrons. The van der Waals surface area contributed by atoms with Crippen molar-refractivity contribution in [1.82, 2.24) is 10.3 Å². The summed E-state index contributed by atoms with van der Waals surface area (Å²) in [5.41, 5.74) is 1.09. The van der Waals surface area contributed by atoms with Crippen molar-refractivity contribution in [3.05, 3.63) is 38.8 Å². The van der Waals surface area contributed by atoms with Crippen molar-refractivity contribution in [3.8, 4) is 10.6 Å². The molecule has 0 aliphatic heterocycles. The Balaban J connectivity index is 2.31. The number of likely N-dealkylation sites (N-methyl/N-ethyl adjacent to an activating group) is 1. The Labute approximate surface area is 118 Å². The number of hydrogen-bond donors (Lipinski definition) is 1. The van der Waals surface area contributed by atoms with Crippen LogP contribution in [-0.2, 0) is 6.42 Å². The Kier molecular flexibility index (Phi) is 4.56. The Morgan fingerprint density at radius 1 is 1.41 bits per heavy atom. The Bertz CT molecular complexity index is 513. The first kappa shape index (κ1) is 13.0. The average molecular weight is 332 g/mol. The van der Waals surface area contributed by atoms with Gasteiger partial charge in [0.05, 0.1) is 0 Å². The SMILES string of the molecule is CNCCc1sc(-c2ccccc2Br)nc1Cl. The number of rotatable bonds is 4. The lowest BCUT2D eigenvalue weighted by molar-refractivity contribution is 0.798. The smallest absolute Gasteiger partial charge is 0.143 e. The van der Waals surface area contributed by atoms with Gasteiger partial charge < -0.3 is 5.32 Å².